The molecule has 0 aliphatic carbocycles. The van der Waals surface area contributed by atoms with E-state index in [4.69, 9.17) is 4.74 Å². The molecule has 0 saturated carbocycles. The molecule has 0 bridgehead atoms. The topological polar surface area (TPSA) is 84.0 Å². The van der Waals surface area contributed by atoms with Crippen LogP contribution in [0.4, 0.5) is 0 Å². The number of carbonyl (C=O) groups excluding carboxylic acids is 2. The van der Waals surface area contributed by atoms with Gasteiger partial charge in [0.2, 0.25) is 10.0 Å². The zero-order valence-corrected chi connectivity index (χ0v) is 16.1. The van der Waals surface area contributed by atoms with E-state index in [1.165, 1.54) is 21.4 Å². The SMILES string of the molecule is C/C=C/C(=O)OCC(=O)N1CCN(S(=O)(=O)c2ccc(C)cc2C)CC1. The molecular weight excluding hydrogens is 356 g/mol. The van der Waals surface area contributed by atoms with E-state index < -0.39 is 16.0 Å². The Hall–Kier alpha value is -2.19. The van der Waals surface area contributed by atoms with Gasteiger partial charge >= 0.3 is 5.97 Å². The van der Waals surface area contributed by atoms with Crippen molar-refractivity contribution in [1.29, 1.82) is 0 Å². The van der Waals surface area contributed by atoms with E-state index in [-0.39, 0.29) is 38.7 Å². The van der Waals surface area contributed by atoms with Gasteiger partial charge in [-0.1, -0.05) is 23.8 Å². The Morgan fingerprint density at radius 2 is 1.81 bits per heavy atom. The minimum atomic E-state index is -3.59. The number of rotatable bonds is 5. The fraction of sp³-hybridized carbons (Fsp3) is 0.444. The highest BCUT2D eigenvalue weighted by Gasteiger charge is 2.31. The van der Waals surface area contributed by atoms with Crippen LogP contribution in [0.25, 0.3) is 0 Å². The first-order valence-electron chi connectivity index (χ1n) is 8.40. The van der Waals surface area contributed by atoms with Crippen molar-refractivity contribution in [2.75, 3.05) is 32.8 Å². The van der Waals surface area contributed by atoms with Gasteiger partial charge in [-0.25, -0.2) is 13.2 Å². The molecule has 1 amide bonds. The zero-order valence-electron chi connectivity index (χ0n) is 15.3. The Kier molecular flexibility index (Phi) is 6.55. The number of hydrogen-bond donors (Lipinski definition) is 0. The molecule has 142 valence electrons. The molecule has 1 aliphatic heterocycles. The van der Waals surface area contributed by atoms with Crippen LogP contribution in [-0.4, -0.2) is 62.3 Å². The summed E-state index contributed by atoms with van der Waals surface area (Å²) in [6.45, 7) is 5.99. The Morgan fingerprint density at radius 3 is 2.38 bits per heavy atom. The molecule has 26 heavy (non-hydrogen) atoms. The summed E-state index contributed by atoms with van der Waals surface area (Å²) >= 11 is 0. The monoisotopic (exact) mass is 380 g/mol. The van der Waals surface area contributed by atoms with Crippen LogP contribution < -0.4 is 0 Å². The summed E-state index contributed by atoms with van der Waals surface area (Å²) < 4.78 is 31.9. The highest BCUT2D eigenvalue weighted by Crippen LogP contribution is 2.22. The molecular formula is C18H24N2O5S. The molecule has 1 saturated heterocycles. The fourth-order valence-corrected chi connectivity index (χ4v) is 4.44. The van der Waals surface area contributed by atoms with Crippen molar-refractivity contribution in [3.05, 3.63) is 41.5 Å². The molecule has 1 aliphatic rings. The van der Waals surface area contributed by atoms with Crippen LogP contribution in [0.2, 0.25) is 0 Å². The number of nitrogens with zero attached hydrogens (tertiary/aromatic N) is 2. The van der Waals surface area contributed by atoms with E-state index in [2.05, 4.69) is 0 Å². The van der Waals surface area contributed by atoms with E-state index >= 15 is 0 Å². The minimum absolute atomic E-state index is 0.212. The quantitative estimate of drug-likeness (QED) is 0.567. The summed E-state index contributed by atoms with van der Waals surface area (Å²) in [6.07, 6.45) is 2.77. The molecule has 0 atom stereocenters. The Balaban J connectivity index is 1.97. The van der Waals surface area contributed by atoms with Crippen molar-refractivity contribution >= 4 is 21.9 Å². The third-order valence-electron chi connectivity index (χ3n) is 4.18. The van der Waals surface area contributed by atoms with E-state index in [0.717, 1.165) is 5.56 Å². The van der Waals surface area contributed by atoms with Gasteiger partial charge in [-0.3, -0.25) is 4.79 Å². The summed E-state index contributed by atoms with van der Waals surface area (Å²) in [7, 11) is -3.59. The molecule has 0 unspecified atom stereocenters. The van der Waals surface area contributed by atoms with Crippen LogP contribution in [0, 0.1) is 13.8 Å². The maximum absolute atomic E-state index is 12.8. The van der Waals surface area contributed by atoms with Crippen LogP contribution in [0.15, 0.2) is 35.2 Å². The van der Waals surface area contributed by atoms with Crippen LogP contribution in [0.1, 0.15) is 18.1 Å². The average molecular weight is 380 g/mol. The Labute approximate surface area is 154 Å². The Morgan fingerprint density at radius 1 is 1.15 bits per heavy atom. The second-order valence-corrected chi connectivity index (χ2v) is 8.07. The van der Waals surface area contributed by atoms with Gasteiger partial charge in [-0.15, -0.1) is 0 Å². The molecule has 0 spiro atoms. The van der Waals surface area contributed by atoms with Crippen molar-refractivity contribution in [1.82, 2.24) is 9.21 Å². The molecule has 0 aromatic heterocycles. The molecule has 1 heterocycles. The van der Waals surface area contributed by atoms with Crippen molar-refractivity contribution in [3.8, 4) is 0 Å². The van der Waals surface area contributed by atoms with Gasteiger partial charge in [0, 0.05) is 32.3 Å². The number of ether oxygens (including phenoxy) is 1. The maximum atomic E-state index is 12.8. The van der Waals surface area contributed by atoms with E-state index in [0.29, 0.717) is 10.5 Å². The number of aryl methyl sites for hydroxylation is 2. The predicted octanol–water partition coefficient (Wildman–Crippen LogP) is 1.26. The second kappa shape index (κ2) is 8.46. The average Bonchev–Trinajstić information content (AvgIpc) is 2.59. The van der Waals surface area contributed by atoms with Gasteiger partial charge in [0.1, 0.15) is 0 Å². The lowest BCUT2D eigenvalue weighted by atomic mass is 10.2. The van der Waals surface area contributed by atoms with E-state index in [1.54, 1.807) is 26.0 Å². The third kappa shape index (κ3) is 4.70. The first-order chi connectivity index (χ1) is 12.3. The normalized spacial score (nSPS) is 16.0. The second-order valence-electron chi connectivity index (χ2n) is 6.16. The molecule has 7 nitrogen and oxygen atoms in total. The predicted molar refractivity (Wildman–Crippen MR) is 97.0 cm³/mol. The number of benzene rings is 1. The number of allylic oxidation sites excluding steroid dienone is 1. The van der Waals surface area contributed by atoms with Crippen molar-refractivity contribution in [2.24, 2.45) is 0 Å². The lowest BCUT2D eigenvalue weighted by Crippen LogP contribution is -2.51. The highest BCUT2D eigenvalue weighted by molar-refractivity contribution is 7.89. The molecule has 2 rings (SSSR count). The smallest absolute Gasteiger partial charge is 0.330 e. The van der Waals surface area contributed by atoms with Gasteiger partial charge < -0.3 is 9.64 Å². The van der Waals surface area contributed by atoms with Crippen LogP contribution in [0.5, 0.6) is 0 Å². The van der Waals surface area contributed by atoms with Crippen molar-refractivity contribution in [3.63, 3.8) is 0 Å². The summed E-state index contributed by atoms with van der Waals surface area (Å²) in [6, 6.07) is 5.24. The number of carbonyl (C=O) groups is 2. The van der Waals surface area contributed by atoms with Crippen LogP contribution in [-0.2, 0) is 24.3 Å². The largest absolute Gasteiger partial charge is 0.452 e. The lowest BCUT2D eigenvalue weighted by molar-refractivity contribution is -0.148. The maximum Gasteiger partial charge on any atom is 0.330 e. The molecule has 1 aromatic rings. The summed E-state index contributed by atoms with van der Waals surface area (Å²) in [5.41, 5.74) is 1.71. The minimum Gasteiger partial charge on any atom is -0.452 e. The van der Waals surface area contributed by atoms with Gasteiger partial charge in [0.05, 0.1) is 4.90 Å². The number of amides is 1. The molecule has 1 fully saturated rings. The molecule has 1 aromatic carbocycles. The first-order valence-corrected chi connectivity index (χ1v) is 9.84. The summed E-state index contributed by atoms with van der Waals surface area (Å²) in [5.74, 6) is -0.900. The van der Waals surface area contributed by atoms with Gasteiger partial charge in [0.15, 0.2) is 6.61 Å². The van der Waals surface area contributed by atoms with Crippen molar-refractivity contribution < 1.29 is 22.7 Å². The molecule has 0 radical (unpaired) electrons. The van der Waals surface area contributed by atoms with E-state index in [9.17, 15) is 18.0 Å². The van der Waals surface area contributed by atoms with Gasteiger partial charge in [-0.2, -0.15) is 4.31 Å². The highest BCUT2D eigenvalue weighted by atomic mass is 32.2. The zero-order chi connectivity index (χ0) is 19.3. The number of esters is 1. The van der Waals surface area contributed by atoms with Gasteiger partial charge in [-0.05, 0) is 32.4 Å². The molecule has 0 N–H and O–H groups in total. The standard InChI is InChI=1S/C18H24N2O5S/c1-4-5-18(22)25-13-17(21)19-8-10-20(11-9-19)26(23,24)16-7-6-14(2)12-15(16)3/h4-7,12H,8-11,13H2,1-3H3/b5-4+. The summed E-state index contributed by atoms with van der Waals surface area (Å²) in [5, 5.41) is 0. The number of piperazine rings is 1. The van der Waals surface area contributed by atoms with Crippen LogP contribution >= 0.6 is 0 Å². The fourth-order valence-electron chi connectivity index (χ4n) is 2.81. The number of sulfonamides is 1. The van der Waals surface area contributed by atoms with Gasteiger partial charge in [0.25, 0.3) is 5.91 Å². The first kappa shape index (κ1) is 20.1. The van der Waals surface area contributed by atoms with Crippen molar-refractivity contribution in [2.45, 2.75) is 25.7 Å². The van der Waals surface area contributed by atoms with Crippen LogP contribution in [0.3, 0.4) is 0 Å². The lowest BCUT2D eigenvalue weighted by Gasteiger charge is -2.34. The molecule has 8 heteroatoms. The number of hydrogen-bond acceptors (Lipinski definition) is 5. The summed E-state index contributed by atoms with van der Waals surface area (Å²) in [4.78, 5) is 25.1. The Bertz CT molecular complexity index is 809. The van der Waals surface area contributed by atoms with E-state index in [1.807, 2.05) is 13.0 Å². The third-order valence-corrected chi connectivity index (χ3v) is 6.24.